The van der Waals surface area contributed by atoms with Crippen molar-refractivity contribution >= 4 is 5.97 Å². The highest BCUT2D eigenvalue weighted by Crippen LogP contribution is 2.42. The summed E-state index contributed by atoms with van der Waals surface area (Å²) in [5.41, 5.74) is -1.82. The minimum absolute atomic E-state index is 0.146. The Kier molecular flexibility index (Phi) is 5.22. The van der Waals surface area contributed by atoms with Crippen molar-refractivity contribution in [1.29, 1.82) is 0 Å². The topological polar surface area (TPSA) is 37.3 Å². The van der Waals surface area contributed by atoms with E-state index in [-0.39, 0.29) is 17.0 Å². The molecule has 0 unspecified atom stereocenters. The van der Waals surface area contributed by atoms with Crippen molar-refractivity contribution in [3.05, 3.63) is 58.4 Å². The summed E-state index contributed by atoms with van der Waals surface area (Å²) >= 11 is 0. The number of aromatic carboxylic acids is 1. The predicted molar refractivity (Wildman–Crippen MR) is 89.0 cm³/mol. The molecule has 0 aromatic heterocycles. The molecule has 0 saturated heterocycles. The van der Waals surface area contributed by atoms with Crippen LogP contribution in [0.5, 0.6) is 0 Å². The molecule has 144 valence electrons. The molecule has 27 heavy (non-hydrogen) atoms. The van der Waals surface area contributed by atoms with Gasteiger partial charge in [0.1, 0.15) is 17.2 Å². The third-order valence-electron chi connectivity index (χ3n) is 5.19. The Bertz CT molecular complexity index is 879. The van der Waals surface area contributed by atoms with E-state index < -0.39 is 46.2 Å². The Morgan fingerprint density at radius 3 is 1.96 bits per heavy atom. The number of halogens is 5. The van der Waals surface area contributed by atoms with Crippen LogP contribution in [-0.2, 0) is 0 Å². The van der Waals surface area contributed by atoms with Crippen LogP contribution in [0.2, 0.25) is 0 Å². The van der Waals surface area contributed by atoms with Crippen LogP contribution in [0, 0.1) is 35.0 Å². The van der Waals surface area contributed by atoms with E-state index in [9.17, 15) is 26.7 Å². The first-order valence-electron chi connectivity index (χ1n) is 8.60. The molecule has 0 bridgehead atoms. The van der Waals surface area contributed by atoms with Crippen LogP contribution >= 0.6 is 0 Å². The van der Waals surface area contributed by atoms with Crippen LogP contribution in [0.3, 0.4) is 0 Å². The fourth-order valence-corrected chi connectivity index (χ4v) is 3.72. The second-order valence-electron chi connectivity index (χ2n) is 7.03. The van der Waals surface area contributed by atoms with Crippen molar-refractivity contribution in [3.8, 4) is 11.1 Å². The monoisotopic (exact) mass is 384 g/mol. The summed E-state index contributed by atoms with van der Waals surface area (Å²) in [6, 6.07) is 2.10. The van der Waals surface area contributed by atoms with Gasteiger partial charge in [0.2, 0.25) is 0 Å². The van der Waals surface area contributed by atoms with Crippen LogP contribution in [-0.4, -0.2) is 11.1 Å². The molecule has 0 amide bonds. The number of hydrogen-bond donors (Lipinski definition) is 1. The third kappa shape index (κ3) is 3.55. The molecule has 0 atom stereocenters. The van der Waals surface area contributed by atoms with E-state index in [0.717, 1.165) is 18.9 Å². The quantitative estimate of drug-likeness (QED) is 0.517. The molecule has 2 nitrogen and oxygen atoms in total. The maximum absolute atomic E-state index is 15.0. The summed E-state index contributed by atoms with van der Waals surface area (Å²) < 4.78 is 69.9. The van der Waals surface area contributed by atoms with Gasteiger partial charge in [-0.3, -0.25) is 0 Å². The lowest BCUT2D eigenvalue weighted by molar-refractivity contribution is 0.0686. The highest BCUT2D eigenvalue weighted by molar-refractivity contribution is 5.91. The average molecular weight is 384 g/mol. The lowest BCUT2D eigenvalue weighted by atomic mass is 9.76. The number of carboxylic acids is 1. The summed E-state index contributed by atoms with van der Waals surface area (Å²) in [5, 5.41) is 9.12. The van der Waals surface area contributed by atoms with Crippen molar-refractivity contribution in [2.24, 2.45) is 5.92 Å². The summed E-state index contributed by atoms with van der Waals surface area (Å²) in [6.07, 6.45) is 2.82. The van der Waals surface area contributed by atoms with Gasteiger partial charge in [-0.2, -0.15) is 0 Å². The molecule has 1 fully saturated rings. The first-order valence-corrected chi connectivity index (χ1v) is 8.60. The molecule has 1 N–H and O–H groups in total. The van der Waals surface area contributed by atoms with E-state index in [1.165, 1.54) is 0 Å². The van der Waals surface area contributed by atoms with Gasteiger partial charge < -0.3 is 5.11 Å². The molecule has 1 aliphatic carbocycles. The van der Waals surface area contributed by atoms with Gasteiger partial charge in [0.15, 0.2) is 17.5 Å². The maximum atomic E-state index is 15.0. The van der Waals surface area contributed by atoms with Gasteiger partial charge in [-0.05, 0) is 54.0 Å². The molecule has 2 aromatic carbocycles. The van der Waals surface area contributed by atoms with E-state index >= 15 is 0 Å². The highest BCUT2D eigenvalue weighted by Gasteiger charge is 2.30. The zero-order chi connectivity index (χ0) is 19.9. The molecule has 3 rings (SSSR count). The van der Waals surface area contributed by atoms with Crippen molar-refractivity contribution in [1.82, 2.24) is 0 Å². The number of hydrogen-bond acceptors (Lipinski definition) is 1. The van der Waals surface area contributed by atoms with Gasteiger partial charge in [0, 0.05) is 5.56 Å². The fourth-order valence-electron chi connectivity index (χ4n) is 3.72. The van der Waals surface area contributed by atoms with Crippen LogP contribution < -0.4 is 0 Å². The van der Waals surface area contributed by atoms with Gasteiger partial charge in [-0.1, -0.05) is 19.8 Å². The van der Waals surface area contributed by atoms with Crippen molar-refractivity contribution in [3.63, 3.8) is 0 Å². The smallest absolute Gasteiger partial charge is 0.341 e. The van der Waals surface area contributed by atoms with Crippen LogP contribution in [0.25, 0.3) is 11.1 Å². The van der Waals surface area contributed by atoms with E-state index in [2.05, 4.69) is 6.92 Å². The van der Waals surface area contributed by atoms with Gasteiger partial charge >= 0.3 is 5.97 Å². The molecule has 1 saturated carbocycles. The Labute approximate surface area is 152 Å². The Morgan fingerprint density at radius 2 is 1.44 bits per heavy atom. The van der Waals surface area contributed by atoms with Gasteiger partial charge in [0.05, 0.1) is 0 Å². The molecule has 0 aliphatic heterocycles. The van der Waals surface area contributed by atoms with Crippen molar-refractivity contribution in [2.45, 2.75) is 38.5 Å². The van der Waals surface area contributed by atoms with Crippen LogP contribution in [0.1, 0.15) is 54.4 Å². The SMILES string of the molecule is CC1CCC(c2cc(F)c(C(=O)O)c(F)c2-c2cc(F)c(F)c(F)c2)CC1. The molecule has 0 spiro atoms. The van der Waals surface area contributed by atoms with Gasteiger partial charge in [0.25, 0.3) is 0 Å². The Balaban J connectivity index is 2.26. The highest BCUT2D eigenvalue weighted by atomic mass is 19.2. The summed E-state index contributed by atoms with van der Waals surface area (Å²) in [4.78, 5) is 11.3. The van der Waals surface area contributed by atoms with Crippen molar-refractivity contribution in [2.75, 3.05) is 0 Å². The lowest BCUT2D eigenvalue weighted by Crippen LogP contribution is -2.15. The number of benzene rings is 2. The summed E-state index contributed by atoms with van der Waals surface area (Å²) in [6.45, 7) is 2.05. The normalized spacial score (nSPS) is 19.9. The van der Waals surface area contributed by atoms with Crippen LogP contribution in [0.15, 0.2) is 18.2 Å². The number of rotatable bonds is 3. The molecular formula is C20H17F5O2. The van der Waals surface area contributed by atoms with Crippen LogP contribution in [0.4, 0.5) is 22.0 Å². The first kappa shape index (κ1) is 19.3. The Morgan fingerprint density at radius 1 is 0.889 bits per heavy atom. The van der Waals surface area contributed by atoms with E-state index in [1.54, 1.807) is 0 Å². The minimum Gasteiger partial charge on any atom is -0.477 e. The third-order valence-corrected chi connectivity index (χ3v) is 5.19. The standard InChI is InChI=1S/C20H17F5O2/c1-9-2-4-10(5-3-9)12-8-13(21)17(20(26)27)19(25)16(12)11-6-14(22)18(24)15(23)7-11/h6-10H,2-5H2,1H3,(H,26,27). The Hall–Kier alpha value is -2.44. The second-order valence-corrected chi connectivity index (χ2v) is 7.03. The molecule has 0 radical (unpaired) electrons. The molecule has 2 aromatic rings. The fraction of sp³-hybridized carbons (Fsp3) is 0.350. The molecule has 0 heterocycles. The lowest BCUT2D eigenvalue weighted by Gasteiger charge is -2.28. The van der Waals surface area contributed by atoms with E-state index in [0.29, 0.717) is 30.9 Å². The van der Waals surface area contributed by atoms with E-state index in [1.807, 2.05) is 0 Å². The number of carboxylic acid groups (broad SMARTS) is 1. The maximum Gasteiger partial charge on any atom is 0.341 e. The van der Waals surface area contributed by atoms with Crippen molar-refractivity contribution < 1.29 is 31.9 Å². The molecule has 1 aliphatic rings. The van der Waals surface area contributed by atoms with Gasteiger partial charge in [-0.25, -0.2) is 26.7 Å². The first-order chi connectivity index (χ1) is 12.7. The average Bonchev–Trinajstić information content (AvgIpc) is 2.59. The minimum atomic E-state index is -1.84. The number of carbonyl (C=O) groups is 1. The molecule has 7 heteroatoms. The second kappa shape index (κ2) is 7.29. The summed E-state index contributed by atoms with van der Waals surface area (Å²) in [7, 11) is 0. The summed E-state index contributed by atoms with van der Waals surface area (Å²) in [5.74, 6) is -9.13. The van der Waals surface area contributed by atoms with Gasteiger partial charge in [-0.15, -0.1) is 0 Å². The predicted octanol–water partition coefficient (Wildman–Crippen LogP) is 6.04. The largest absolute Gasteiger partial charge is 0.477 e. The zero-order valence-corrected chi connectivity index (χ0v) is 14.5. The molecular weight excluding hydrogens is 367 g/mol. The van der Waals surface area contributed by atoms with E-state index in [4.69, 9.17) is 5.11 Å². The zero-order valence-electron chi connectivity index (χ0n) is 14.5.